The third-order valence-corrected chi connectivity index (χ3v) is 4.33. The molecule has 0 saturated heterocycles. The van der Waals surface area contributed by atoms with Crippen molar-refractivity contribution < 1.29 is 4.52 Å². The molecule has 0 atom stereocenters. The summed E-state index contributed by atoms with van der Waals surface area (Å²) in [6.45, 7) is 1.95. The van der Waals surface area contributed by atoms with Crippen LogP contribution in [-0.2, 0) is 0 Å². The van der Waals surface area contributed by atoms with Crippen LogP contribution in [0.15, 0.2) is 51.5 Å². The Morgan fingerprint density at radius 2 is 1.86 bits per heavy atom. The first-order valence-electron chi connectivity index (χ1n) is 6.34. The smallest absolute Gasteiger partial charge is 0.230 e. The fourth-order valence-corrected chi connectivity index (χ4v) is 2.69. The standard InChI is InChI=1S/C16H12BrClN2O/c1-9-3-2-4-12(14(9)18)15-13(16(19)21-20-15)10-5-7-11(17)8-6-10/h2-8H,19H2,1H3. The van der Waals surface area contributed by atoms with Crippen LogP contribution in [0.5, 0.6) is 0 Å². The lowest BCUT2D eigenvalue weighted by Crippen LogP contribution is -1.89. The van der Waals surface area contributed by atoms with Gasteiger partial charge in [-0.25, -0.2) is 0 Å². The molecule has 0 aliphatic carbocycles. The minimum Gasteiger partial charge on any atom is -0.367 e. The van der Waals surface area contributed by atoms with Crippen LogP contribution in [0.25, 0.3) is 22.4 Å². The predicted octanol–water partition coefficient (Wildman–Crippen LogP) is 5.32. The van der Waals surface area contributed by atoms with Crippen LogP contribution >= 0.6 is 27.5 Å². The van der Waals surface area contributed by atoms with Crippen molar-refractivity contribution in [3.05, 3.63) is 57.5 Å². The van der Waals surface area contributed by atoms with Gasteiger partial charge in [0.05, 0.1) is 10.6 Å². The van der Waals surface area contributed by atoms with E-state index in [-0.39, 0.29) is 5.88 Å². The number of hydrogen-bond donors (Lipinski definition) is 1. The van der Waals surface area contributed by atoms with E-state index in [1.165, 1.54) is 0 Å². The fraction of sp³-hybridized carbons (Fsp3) is 0.0625. The van der Waals surface area contributed by atoms with Crippen LogP contribution in [-0.4, -0.2) is 5.16 Å². The Morgan fingerprint density at radius 3 is 2.57 bits per heavy atom. The molecule has 0 aliphatic rings. The van der Waals surface area contributed by atoms with Gasteiger partial charge in [-0.2, -0.15) is 0 Å². The van der Waals surface area contributed by atoms with Crippen LogP contribution in [0.2, 0.25) is 5.02 Å². The number of aromatic nitrogens is 1. The van der Waals surface area contributed by atoms with Gasteiger partial charge in [-0.05, 0) is 30.2 Å². The molecule has 0 fully saturated rings. The lowest BCUT2D eigenvalue weighted by atomic mass is 10.00. The van der Waals surface area contributed by atoms with Gasteiger partial charge in [0.2, 0.25) is 5.88 Å². The largest absolute Gasteiger partial charge is 0.367 e. The average molecular weight is 364 g/mol. The van der Waals surface area contributed by atoms with E-state index >= 15 is 0 Å². The molecular formula is C16H12BrClN2O. The highest BCUT2D eigenvalue weighted by atomic mass is 79.9. The first-order chi connectivity index (χ1) is 10.1. The Morgan fingerprint density at radius 1 is 1.14 bits per heavy atom. The van der Waals surface area contributed by atoms with E-state index in [1.807, 2.05) is 49.4 Å². The summed E-state index contributed by atoms with van der Waals surface area (Å²) in [4.78, 5) is 0. The normalized spacial score (nSPS) is 10.8. The van der Waals surface area contributed by atoms with Gasteiger partial charge in [-0.3, -0.25) is 0 Å². The van der Waals surface area contributed by atoms with Crippen LogP contribution in [0.4, 0.5) is 5.88 Å². The van der Waals surface area contributed by atoms with E-state index in [9.17, 15) is 0 Å². The molecule has 106 valence electrons. The van der Waals surface area contributed by atoms with Gasteiger partial charge in [-0.1, -0.05) is 63.0 Å². The van der Waals surface area contributed by atoms with E-state index in [4.69, 9.17) is 21.9 Å². The van der Waals surface area contributed by atoms with Crippen molar-refractivity contribution in [1.29, 1.82) is 0 Å². The number of nitrogen functional groups attached to an aromatic ring is 1. The van der Waals surface area contributed by atoms with Crippen LogP contribution in [0.1, 0.15) is 5.56 Å². The van der Waals surface area contributed by atoms with E-state index in [2.05, 4.69) is 21.1 Å². The Kier molecular flexibility index (Phi) is 3.74. The van der Waals surface area contributed by atoms with Gasteiger partial charge in [0.15, 0.2) is 0 Å². The molecule has 21 heavy (non-hydrogen) atoms. The predicted molar refractivity (Wildman–Crippen MR) is 89.2 cm³/mol. The second kappa shape index (κ2) is 5.54. The van der Waals surface area contributed by atoms with Gasteiger partial charge >= 0.3 is 0 Å². The van der Waals surface area contributed by atoms with E-state index < -0.39 is 0 Å². The zero-order valence-electron chi connectivity index (χ0n) is 11.2. The molecule has 3 nitrogen and oxygen atoms in total. The molecule has 0 spiro atoms. The fourth-order valence-electron chi connectivity index (χ4n) is 2.21. The molecule has 3 rings (SSSR count). The van der Waals surface area contributed by atoms with E-state index in [0.29, 0.717) is 10.7 Å². The number of aryl methyl sites for hydroxylation is 1. The number of halogens is 2. The Bertz CT molecular complexity index is 797. The zero-order chi connectivity index (χ0) is 15.0. The number of benzene rings is 2. The number of anilines is 1. The van der Waals surface area contributed by atoms with Crippen LogP contribution in [0, 0.1) is 6.92 Å². The van der Waals surface area contributed by atoms with Crippen molar-refractivity contribution in [1.82, 2.24) is 5.16 Å². The molecular weight excluding hydrogens is 352 g/mol. The highest BCUT2D eigenvalue weighted by Gasteiger charge is 2.19. The third-order valence-electron chi connectivity index (χ3n) is 3.30. The summed E-state index contributed by atoms with van der Waals surface area (Å²) >= 11 is 9.81. The average Bonchev–Trinajstić information content (AvgIpc) is 2.85. The topological polar surface area (TPSA) is 52.0 Å². The number of hydrogen-bond acceptors (Lipinski definition) is 3. The minimum atomic E-state index is 0.282. The Labute approximate surface area is 135 Å². The molecule has 0 amide bonds. The Hall–Kier alpha value is -1.78. The maximum absolute atomic E-state index is 6.39. The minimum absolute atomic E-state index is 0.282. The molecule has 0 bridgehead atoms. The van der Waals surface area contributed by atoms with E-state index in [0.717, 1.165) is 26.7 Å². The molecule has 2 N–H and O–H groups in total. The Balaban J connectivity index is 2.22. The quantitative estimate of drug-likeness (QED) is 0.671. The van der Waals surface area contributed by atoms with Crippen molar-refractivity contribution in [2.75, 3.05) is 5.73 Å². The molecule has 0 aliphatic heterocycles. The number of rotatable bonds is 2. The van der Waals surface area contributed by atoms with Gasteiger partial charge in [0.1, 0.15) is 5.69 Å². The van der Waals surface area contributed by atoms with Crippen molar-refractivity contribution in [2.45, 2.75) is 6.92 Å². The van der Waals surface area contributed by atoms with Crippen LogP contribution < -0.4 is 5.73 Å². The number of nitrogens with two attached hydrogens (primary N) is 1. The second-order valence-corrected chi connectivity index (χ2v) is 6.01. The lowest BCUT2D eigenvalue weighted by molar-refractivity contribution is 0.439. The van der Waals surface area contributed by atoms with E-state index in [1.54, 1.807) is 0 Å². The maximum Gasteiger partial charge on any atom is 0.230 e. The zero-order valence-corrected chi connectivity index (χ0v) is 13.6. The summed E-state index contributed by atoms with van der Waals surface area (Å²) in [6, 6.07) is 13.6. The summed E-state index contributed by atoms with van der Waals surface area (Å²) in [6.07, 6.45) is 0. The SMILES string of the molecule is Cc1cccc(-c2noc(N)c2-c2ccc(Br)cc2)c1Cl. The molecule has 3 aromatic rings. The molecule has 0 unspecified atom stereocenters. The molecule has 2 aromatic carbocycles. The summed E-state index contributed by atoms with van der Waals surface area (Å²) in [7, 11) is 0. The monoisotopic (exact) mass is 362 g/mol. The maximum atomic E-state index is 6.39. The first kappa shape index (κ1) is 14.2. The third kappa shape index (κ3) is 2.57. The van der Waals surface area contributed by atoms with Crippen molar-refractivity contribution in [2.24, 2.45) is 0 Å². The lowest BCUT2D eigenvalue weighted by Gasteiger charge is -2.06. The van der Waals surface area contributed by atoms with Crippen molar-refractivity contribution in [3.8, 4) is 22.4 Å². The first-order valence-corrected chi connectivity index (χ1v) is 7.51. The summed E-state index contributed by atoms with van der Waals surface area (Å²) < 4.78 is 6.18. The summed E-state index contributed by atoms with van der Waals surface area (Å²) in [5.74, 6) is 0.282. The summed E-state index contributed by atoms with van der Waals surface area (Å²) in [5.41, 5.74) is 10.1. The summed E-state index contributed by atoms with van der Waals surface area (Å²) in [5, 5.41) is 4.75. The highest BCUT2D eigenvalue weighted by Crippen LogP contribution is 2.39. The molecule has 1 aromatic heterocycles. The molecule has 1 heterocycles. The van der Waals surface area contributed by atoms with Gasteiger partial charge in [-0.15, -0.1) is 0 Å². The van der Waals surface area contributed by atoms with Gasteiger partial charge in [0, 0.05) is 10.0 Å². The highest BCUT2D eigenvalue weighted by molar-refractivity contribution is 9.10. The molecule has 0 saturated carbocycles. The molecule has 5 heteroatoms. The van der Waals surface area contributed by atoms with Gasteiger partial charge < -0.3 is 10.3 Å². The van der Waals surface area contributed by atoms with Crippen LogP contribution in [0.3, 0.4) is 0 Å². The number of nitrogens with zero attached hydrogens (tertiary/aromatic N) is 1. The molecule has 0 radical (unpaired) electrons. The van der Waals surface area contributed by atoms with Crippen molar-refractivity contribution >= 4 is 33.4 Å². The van der Waals surface area contributed by atoms with Crippen molar-refractivity contribution in [3.63, 3.8) is 0 Å². The van der Waals surface area contributed by atoms with Gasteiger partial charge in [0.25, 0.3) is 0 Å². The second-order valence-electron chi connectivity index (χ2n) is 4.71.